The number of carbonyl (C=O) groups is 1. The molecule has 3 rings (SSSR count). The molecule has 0 aliphatic heterocycles. The third-order valence-corrected chi connectivity index (χ3v) is 5.16. The summed E-state index contributed by atoms with van der Waals surface area (Å²) in [5.74, 6) is 6.34. The second kappa shape index (κ2) is 9.00. The quantitative estimate of drug-likeness (QED) is 0.363. The van der Waals surface area contributed by atoms with Crippen LogP contribution in [0.25, 0.3) is 5.69 Å². The number of hydrogen-bond acceptors (Lipinski definition) is 4. The number of aromatic nitrogens is 2. The molecule has 158 valence electrons. The van der Waals surface area contributed by atoms with Crippen LogP contribution in [0.5, 0.6) is 5.75 Å². The Morgan fingerprint density at radius 2 is 1.97 bits per heavy atom. The predicted molar refractivity (Wildman–Crippen MR) is 119 cm³/mol. The molecule has 0 spiro atoms. The number of nitrogens with one attached hydrogen (secondary N) is 1. The van der Waals surface area contributed by atoms with Crippen molar-refractivity contribution in [2.45, 2.75) is 40.7 Å². The zero-order valence-electron chi connectivity index (χ0n) is 18.2. The first-order valence-electron chi connectivity index (χ1n) is 9.97. The SMILES string of the molecule is CCc1cccc(NC(=O)N(C)N)c1COc1ccc(-n2cc(C)c(C)n2)cc1C. The van der Waals surface area contributed by atoms with Crippen LogP contribution in [0, 0.1) is 20.8 Å². The Balaban J connectivity index is 1.82. The molecule has 2 amide bonds. The summed E-state index contributed by atoms with van der Waals surface area (Å²) in [5.41, 5.74) is 6.93. The van der Waals surface area contributed by atoms with Crippen LogP contribution < -0.4 is 15.9 Å². The number of hydrogen-bond donors (Lipinski definition) is 2. The molecule has 0 bridgehead atoms. The summed E-state index contributed by atoms with van der Waals surface area (Å²) in [4.78, 5) is 12.0. The topological polar surface area (TPSA) is 85.4 Å². The van der Waals surface area contributed by atoms with Crippen molar-refractivity contribution in [1.29, 1.82) is 0 Å². The fraction of sp³-hybridized carbons (Fsp3) is 0.304. The molecule has 0 fully saturated rings. The summed E-state index contributed by atoms with van der Waals surface area (Å²) >= 11 is 0. The fourth-order valence-electron chi connectivity index (χ4n) is 3.22. The van der Waals surface area contributed by atoms with Crippen LogP contribution in [-0.2, 0) is 13.0 Å². The largest absolute Gasteiger partial charge is 0.489 e. The lowest BCUT2D eigenvalue weighted by atomic mass is 10.0. The second-order valence-electron chi connectivity index (χ2n) is 7.42. The van der Waals surface area contributed by atoms with Crippen LogP contribution >= 0.6 is 0 Å². The van der Waals surface area contributed by atoms with E-state index in [2.05, 4.69) is 23.4 Å². The van der Waals surface area contributed by atoms with E-state index in [1.165, 1.54) is 7.05 Å². The van der Waals surface area contributed by atoms with E-state index in [0.717, 1.165) is 50.8 Å². The van der Waals surface area contributed by atoms with Gasteiger partial charge in [0, 0.05) is 24.5 Å². The van der Waals surface area contributed by atoms with Gasteiger partial charge in [-0.2, -0.15) is 5.10 Å². The lowest BCUT2D eigenvalue weighted by Crippen LogP contribution is -2.37. The molecule has 0 radical (unpaired) electrons. The molecule has 7 heteroatoms. The Morgan fingerprint density at radius 1 is 1.20 bits per heavy atom. The van der Waals surface area contributed by atoms with E-state index in [4.69, 9.17) is 10.6 Å². The van der Waals surface area contributed by atoms with E-state index in [0.29, 0.717) is 12.3 Å². The van der Waals surface area contributed by atoms with E-state index < -0.39 is 0 Å². The highest BCUT2D eigenvalue weighted by atomic mass is 16.5. The first-order chi connectivity index (χ1) is 14.3. The van der Waals surface area contributed by atoms with Crippen LogP contribution in [0.2, 0.25) is 0 Å². The molecule has 2 aromatic carbocycles. The molecule has 0 aliphatic carbocycles. The molecule has 7 nitrogen and oxygen atoms in total. The molecule has 3 N–H and O–H groups in total. The number of urea groups is 1. The molecule has 1 heterocycles. The first-order valence-corrected chi connectivity index (χ1v) is 9.97. The average Bonchev–Trinajstić information content (AvgIpc) is 3.05. The highest BCUT2D eigenvalue weighted by Crippen LogP contribution is 2.26. The summed E-state index contributed by atoms with van der Waals surface area (Å²) in [6, 6.07) is 11.4. The third kappa shape index (κ3) is 4.63. The molecule has 0 unspecified atom stereocenters. The van der Waals surface area contributed by atoms with Crippen LogP contribution in [0.1, 0.15) is 34.9 Å². The van der Waals surface area contributed by atoms with E-state index >= 15 is 0 Å². The molecular weight excluding hydrogens is 378 g/mol. The second-order valence-corrected chi connectivity index (χ2v) is 7.42. The van der Waals surface area contributed by atoms with Crippen molar-refractivity contribution in [3.05, 3.63) is 70.5 Å². The standard InChI is InChI=1S/C23H29N5O2/c1-6-18-8-7-9-21(25-23(29)27(5)24)20(18)14-30-22-11-10-19(12-15(22)2)28-13-16(3)17(4)26-28/h7-13H,6,14,24H2,1-5H3,(H,25,29). The van der Waals surface area contributed by atoms with Crippen molar-refractivity contribution < 1.29 is 9.53 Å². The van der Waals surface area contributed by atoms with Gasteiger partial charge in [-0.3, -0.25) is 5.01 Å². The number of benzene rings is 2. The highest BCUT2D eigenvalue weighted by Gasteiger charge is 2.13. The van der Waals surface area contributed by atoms with Gasteiger partial charge < -0.3 is 10.1 Å². The molecule has 1 aromatic heterocycles. The minimum Gasteiger partial charge on any atom is -0.489 e. The number of nitrogens with two attached hydrogens (primary N) is 1. The smallest absolute Gasteiger partial charge is 0.335 e. The Morgan fingerprint density at radius 3 is 2.57 bits per heavy atom. The lowest BCUT2D eigenvalue weighted by Gasteiger charge is -2.18. The minimum absolute atomic E-state index is 0.341. The van der Waals surface area contributed by atoms with Crippen molar-refractivity contribution in [1.82, 2.24) is 14.8 Å². The predicted octanol–water partition coefficient (Wildman–Crippen LogP) is 4.28. The number of amides is 2. The number of rotatable bonds is 6. The Labute approximate surface area is 177 Å². The van der Waals surface area contributed by atoms with Crippen LogP contribution in [0.3, 0.4) is 0 Å². The van der Waals surface area contributed by atoms with Crippen LogP contribution in [0.15, 0.2) is 42.6 Å². The van der Waals surface area contributed by atoms with E-state index in [-0.39, 0.29) is 6.03 Å². The van der Waals surface area contributed by atoms with Gasteiger partial charge in [0.15, 0.2) is 0 Å². The van der Waals surface area contributed by atoms with Crippen LogP contribution in [-0.4, -0.2) is 27.9 Å². The molecular formula is C23H29N5O2. The molecule has 0 saturated heterocycles. The van der Waals surface area contributed by atoms with Gasteiger partial charge in [-0.25, -0.2) is 15.3 Å². The van der Waals surface area contributed by atoms with Gasteiger partial charge in [0.1, 0.15) is 12.4 Å². The number of carbonyl (C=O) groups excluding carboxylic acids is 1. The summed E-state index contributed by atoms with van der Waals surface area (Å²) in [5, 5.41) is 8.41. The van der Waals surface area contributed by atoms with Gasteiger partial charge in [-0.1, -0.05) is 19.1 Å². The van der Waals surface area contributed by atoms with Gasteiger partial charge in [0.25, 0.3) is 0 Å². The zero-order valence-corrected chi connectivity index (χ0v) is 18.2. The summed E-state index contributed by atoms with van der Waals surface area (Å²) in [6.07, 6.45) is 2.85. The van der Waals surface area contributed by atoms with Crippen molar-refractivity contribution in [3.8, 4) is 11.4 Å². The molecule has 30 heavy (non-hydrogen) atoms. The number of hydrazine groups is 1. The maximum Gasteiger partial charge on any atom is 0.335 e. The zero-order chi connectivity index (χ0) is 21.8. The van der Waals surface area contributed by atoms with E-state index in [1.54, 1.807) is 0 Å². The normalized spacial score (nSPS) is 10.7. The Bertz CT molecular complexity index is 1040. The number of ether oxygens (including phenoxy) is 1. The number of nitrogens with zero attached hydrogens (tertiary/aromatic N) is 3. The molecule has 0 aliphatic rings. The van der Waals surface area contributed by atoms with Gasteiger partial charge in [-0.15, -0.1) is 0 Å². The number of aryl methyl sites for hydroxylation is 4. The fourth-order valence-corrected chi connectivity index (χ4v) is 3.22. The molecule has 0 saturated carbocycles. The lowest BCUT2D eigenvalue weighted by molar-refractivity contribution is 0.223. The Kier molecular flexibility index (Phi) is 6.42. The van der Waals surface area contributed by atoms with Crippen molar-refractivity contribution >= 4 is 11.7 Å². The first kappa shape index (κ1) is 21.4. The van der Waals surface area contributed by atoms with Gasteiger partial charge in [-0.05, 0) is 68.1 Å². The van der Waals surface area contributed by atoms with Gasteiger partial charge >= 0.3 is 6.03 Å². The van der Waals surface area contributed by atoms with Crippen LogP contribution in [0.4, 0.5) is 10.5 Å². The maximum absolute atomic E-state index is 12.0. The third-order valence-electron chi connectivity index (χ3n) is 5.16. The van der Waals surface area contributed by atoms with E-state index in [9.17, 15) is 4.79 Å². The number of anilines is 1. The van der Waals surface area contributed by atoms with E-state index in [1.807, 2.05) is 62.0 Å². The average molecular weight is 408 g/mol. The van der Waals surface area contributed by atoms with Gasteiger partial charge in [0.05, 0.1) is 11.4 Å². The maximum atomic E-state index is 12.0. The summed E-state index contributed by atoms with van der Waals surface area (Å²) < 4.78 is 8.02. The molecule has 3 aromatic rings. The van der Waals surface area contributed by atoms with Crippen molar-refractivity contribution in [2.24, 2.45) is 5.84 Å². The Hall–Kier alpha value is -3.32. The highest BCUT2D eigenvalue weighted by molar-refractivity contribution is 5.89. The van der Waals surface area contributed by atoms with Gasteiger partial charge in [0.2, 0.25) is 0 Å². The minimum atomic E-state index is -0.380. The monoisotopic (exact) mass is 407 g/mol. The summed E-state index contributed by atoms with van der Waals surface area (Å²) in [7, 11) is 1.50. The van der Waals surface area contributed by atoms with Crippen molar-refractivity contribution in [3.63, 3.8) is 0 Å². The van der Waals surface area contributed by atoms with Crippen molar-refractivity contribution in [2.75, 3.05) is 12.4 Å². The molecule has 0 atom stereocenters. The summed E-state index contributed by atoms with van der Waals surface area (Å²) in [6.45, 7) is 8.48.